The van der Waals surface area contributed by atoms with E-state index in [0.717, 1.165) is 0 Å². The molecule has 0 bridgehead atoms. The van der Waals surface area contributed by atoms with Crippen LogP contribution in [-0.4, -0.2) is 38.7 Å². The van der Waals surface area contributed by atoms with Crippen LogP contribution in [0.1, 0.15) is 20.7 Å². The number of esters is 2. The summed E-state index contributed by atoms with van der Waals surface area (Å²) < 4.78 is 14.6. The molecule has 0 atom stereocenters. The van der Waals surface area contributed by atoms with Gasteiger partial charge in [-0.25, -0.2) is 9.59 Å². The summed E-state index contributed by atoms with van der Waals surface area (Å²) in [6, 6.07) is 12.6. The van der Waals surface area contributed by atoms with Crippen molar-refractivity contribution in [3.05, 3.63) is 59.7 Å². The van der Waals surface area contributed by atoms with E-state index in [4.69, 9.17) is 9.47 Å². The van der Waals surface area contributed by atoms with E-state index < -0.39 is 24.5 Å². The molecule has 0 aliphatic heterocycles. The molecule has 2 aromatic rings. The summed E-state index contributed by atoms with van der Waals surface area (Å²) in [6.45, 7) is -0.436. The maximum absolute atomic E-state index is 11.9. The van der Waals surface area contributed by atoms with Crippen molar-refractivity contribution < 1.29 is 28.6 Å². The molecule has 2 aromatic carbocycles. The number of benzene rings is 2. The molecule has 0 aliphatic rings. The van der Waals surface area contributed by atoms with E-state index in [1.54, 1.807) is 30.3 Å². The van der Waals surface area contributed by atoms with Gasteiger partial charge in [0.15, 0.2) is 6.61 Å². The Morgan fingerprint density at radius 3 is 2.28 bits per heavy atom. The molecule has 0 unspecified atom stereocenters. The first-order valence-corrected chi connectivity index (χ1v) is 7.33. The van der Waals surface area contributed by atoms with E-state index in [2.05, 4.69) is 10.1 Å². The Balaban J connectivity index is 1.87. The fourth-order valence-corrected chi connectivity index (χ4v) is 1.97. The molecule has 0 saturated carbocycles. The Labute approximate surface area is 144 Å². The van der Waals surface area contributed by atoms with Crippen LogP contribution >= 0.6 is 0 Å². The smallest absolute Gasteiger partial charge is 0.338 e. The zero-order chi connectivity index (χ0) is 18.2. The highest BCUT2D eigenvalue weighted by Gasteiger charge is 2.11. The summed E-state index contributed by atoms with van der Waals surface area (Å²) >= 11 is 0. The topological polar surface area (TPSA) is 90.9 Å². The SMILES string of the molecule is COC(=O)c1ccc(NC(=O)COC(=O)c2cccc(OC)c2)cc1. The van der Waals surface area contributed by atoms with Gasteiger partial charge in [0.25, 0.3) is 5.91 Å². The van der Waals surface area contributed by atoms with Gasteiger partial charge < -0.3 is 19.5 Å². The zero-order valence-corrected chi connectivity index (χ0v) is 13.8. The number of anilines is 1. The second-order valence-electron chi connectivity index (χ2n) is 4.93. The van der Waals surface area contributed by atoms with Crippen molar-refractivity contribution in [2.45, 2.75) is 0 Å². The van der Waals surface area contributed by atoms with E-state index in [1.807, 2.05) is 0 Å². The third kappa shape index (κ3) is 5.07. The van der Waals surface area contributed by atoms with Gasteiger partial charge in [0, 0.05) is 5.69 Å². The maximum atomic E-state index is 11.9. The van der Waals surface area contributed by atoms with Crippen LogP contribution in [0.3, 0.4) is 0 Å². The fraction of sp³-hybridized carbons (Fsp3) is 0.167. The van der Waals surface area contributed by atoms with Gasteiger partial charge in [0.05, 0.1) is 25.3 Å². The molecule has 25 heavy (non-hydrogen) atoms. The van der Waals surface area contributed by atoms with Crippen LogP contribution in [0, 0.1) is 0 Å². The van der Waals surface area contributed by atoms with Crippen LogP contribution in [0.15, 0.2) is 48.5 Å². The van der Waals surface area contributed by atoms with Crippen LogP contribution in [0.25, 0.3) is 0 Å². The van der Waals surface area contributed by atoms with Gasteiger partial charge in [-0.3, -0.25) is 4.79 Å². The second-order valence-corrected chi connectivity index (χ2v) is 4.93. The number of carbonyl (C=O) groups is 3. The van der Waals surface area contributed by atoms with Gasteiger partial charge >= 0.3 is 11.9 Å². The molecule has 0 saturated heterocycles. The van der Waals surface area contributed by atoms with Crippen molar-refractivity contribution in [3.8, 4) is 5.75 Å². The first-order valence-electron chi connectivity index (χ1n) is 7.33. The van der Waals surface area contributed by atoms with Gasteiger partial charge in [-0.1, -0.05) is 6.07 Å². The predicted octanol–water partition coefficient (Wildman–Crippen LogP) is 2.28. The number of methoxy groups -OCH3 is 2. The van der Waals surface area contributed by atoms with Gasteiger partial charge in [-0.2, -0.15) is 0 Å². The lowest BCUT2D eigenvalue weighted by Gasteiger charge is -2.08. The lowest BCUT2D eigenvalue weighted by atomic mass is 10.2. The summed E-state index contributed by atoms with van der Waals surface area (Å²) in [5.74, 6) is -1.08. The Kier molecular flexibility index (Phi) is 6.11. The number of nitrogens with one attached hydrogen (secondary N) is 1. The molecule has 1 N–H and O–H groups in total. The van der Waals surface area contributed by atoms with E-state index in [9.17, 15) is 14.4 Å². The van der Waals surface area contributed by atoms with Gasteiger partial charge in [-0.05, 0) is 42.5 Å². The normalized spacial score (nSPS) is 9.84. The van der Waals surface area contributed by atoms with Gasteiger partial charge in [0.1, 0.15) is 5.75 Å². The number of carbonyl (C=O) groups excluding carboxylic acids is 3. The van der Waals surface area contributed by atoms with Gasteiger partial charge in [-0.15, -0.1) is 0 Å². The second kappa shape index (κ2) is 8.49. The Hall–Kier alpha value is -3.35. The lowest BCUT2D eigenvalue weighted by molar-refractivity contribution is -0.119. The molecule has 130 valence electrons. The minimum atomic E-state index is -0.630. The number of hydrogen-bond donors (Lipinski definition) is 1. The third-order valence-electron chi connectivity index (χ3n) is 3.23. The Bertz CT molecular complexity index is 769. The molecule has 0 fully saturated rings. The van der Waals surface area contributed by atoms with Gasteiger partial charge in [0.2, 0.25) is 0 Å². The van der Waals surface area contributed by atoms with E-state index in [1.165, 1.54) is 32.4 Å². The molecule has 2 rings (SSSR count). The molecular weight excluding hydrogens is 326 g/mol. The molecule has 0 radical (unpaired) electrons. The monoisotopic (exact) mass is 343 g/mol. The van der Waals surface area contributed by atoms with Crippen LogP contribution in [-0.2, 0) is 14.3 Å². The minimum absolute atomic E-state index is 0.287. The summed E-state index contributed by atoms with van der Waals surface area (Å²) in [5, 5.41) is 2.56. The van der Waals surface area contributed by atoms with Crippen molar-refractivity contribution in [2.75, 3.05) is 26.1 Å². The Morgan fingerprint density at radius 2 is 1.64 bits per heavy atom. The maximum Gasteiger partial charge on any atom is 0.338 e. The summed E-state index contributed by atoms with van der Waals surface area (Å²) in [4.78, 5) is 35.1. The van der Waals surface area contributed by atoms with Crippen LogP contribution in [0.2, 0.25) is 0 Å². The number of ether oxygens (including phenoxy) is 3. The highest BCUT2D eigenvalue weighted by atomic mass is 16.5. The average molecular weight is 343 g/mol. The number of amides is 1. The zero-order valence-electron chi connectivity index (χ0n) is 13.8. The van der Waals surface area contributed by atoms with E-state index in [0.29, 0.717) is 17.0 Å². The highest BCUT2D eigenvalue weighted by molar-refractivity contribution is 5.96. The molecule has 7 nitrogen and oxygen atoms in total. The van der Waals surface area contributed by atoms with Crippen LogP contribution < -0.4 is 10.1 Å². The summed E-state index contributed by atoms with van der Waals surface area (Å²) in [5.41, 5.74) is 1.12. The molecule has 0 heterocycles. The average Bonchev–Trinajstić information content (AvgIpc) is 2.66. The van der Waals surface area contributed by atoms with Crippen molar-refractivity contribution in [1.29, 1.82) is 0 Å². The fourth-order valence-electron chi connectivity index (χ4n) is 1.97. The molecule has 0 aromatic heterocycles. The van der Waals surface area contributed by atoms with Crippen molar-refractivity contribution in [3.63, 3.8) is 0 Å². The molecule has 0 spiro atoms. The standard InChI is InChI=1S/C18H17NO6/c1-23-15-5-3-4-13(10-15)18(22)25-11-16(20)19-14-8-6-12(7-9-14)17(21)24-2/h3-10H,11H2,1-2H3,(H,19,20). The van der Waals surface area contributed by atoms with E-state index >= 15 is 0 Å². The molecule has 1 amide bonds. The number of hydrogen-bond acceptors (Lipinski definition) is 6. The highest BCUT2D eigenvalue weighted by Crippen LogP contribution is 2.14. The minimum Gasteiger partial charge on any atom is -0.497 e. The van der Waals surface area contributed by atoms with Crippen molar-refractivity contribution >= 4 is 23.5 Å². The summed E-state index contributed by atoms with van der Waals surface area (Å²) in [6.07, 6.45) is 0. The third-order valence-corrected chi connectivity index (χ3v) is 3.23. The molecule has 0 aliphatic carbocycles. The molecule has 7 heteroatoms. The lowest BCUT2D eigenvalue weighted by Crippen LogP contribution is -2.21. The van der Waals surface area contributed by atoms with Crippen molar-refractivity contribution in [2.24, 2.45) is 0 Å². The largest absolute Gasteiger partial charge is 0.497 e. The quantitative estimate of drug-likeness (QED) is 0.809. The van der Waals surface area contributed by atoms with Crippen LogP contribution in [0.5, 0.6) is 5.75 Å². The number of rotatable bonds is 6. The predicted molar refractivity (Wildman–Crippen MR) is 89.7 cm³/mol. The first kappa shape index (κ1) is 18.0. The first-order chi connectivity index (χ1) is 12.0. The summed E-state index contributed by atoms with van der Waals surface area (Å²) in [7, 11) is 2.78. The van der Waals surface area contributed by atoms with Crippen LogP contribution in [0.4, 0.5) is 5.69 Å². The van der Waals surface area contributed by atoms with Crippen molar-refractivity contribution in [1.82, 2.24) is 0 Å². The Morgan fingerprint density at radius 1 is 0.920 bits per heavy atom. The molecular formula is C18H17NO6. The van der Waals surface area contributed by atoms with E-state index in [-0.39, 0.29) is 5.56 Å².